The van der Waals surface area contributed by atoms with Crippen molar-refractivity contribution >= 4 is 40.9 Å². The summed E-state index contributed by atoms with van der Waals surface area (Å²) in [6, 6.07) is 9.61. The van der Waals surface area contributed by atoms with E-state index in [0.717, 1.165) is 16.7 Å². The summed E-state index contributed by atoms with van der Waals surface area (Å²) >= 11 is 0.810. The first-order valence-corrected chi connectivity index (χ1v) is 10.0. The van der Waals surface area contributed by atoms with Gasteiger partial charge in [0, 0.05) is 0 Å². The van der Waals surface area contributed by atoms with Crippen molar-refractivity contribution in [2.75, 3.05) is 20.3 Å². The molecule has 1 saturated heterocycles. The lowest BCUT2D eigenvalue weighted by Gasteiger charge is -2.10. The molecule has 3 rings (SSSR count). The quantitative estimate of drug-likeness (QED) is 0.446. The summed E-state index contributed by atoms with van der Waals surface area (Å²) in [5, 5.41) is -0.443. The molecular weight excluding hydrogens is 426 g/mol. The smallest absolute Gasteiger partial charge is 0.373 e. The molecule has 0 unspecified atom stereocenters. The molecule has 2 aromatic rings. The fourth-order valence-electron chi connectivity index (χ4n) is 2.62. The molecule has 162 valence electrons. The Kier molecular flexibility index (Phi) is 7.14. The molecule has 0 aliphatic carbocycles. The summed E-state index contributed by atoms with van der Waals surface area (Å²) in [7, 11) is 1.23. The molecule has 0 spiro atoms. The monoisotopic (exact) mass is 445 g/mol. The maximum atomic E-state index is 12.6. The zero-order chi connectivity index (χ0) is 22.4. The van der Waals surface area contributed by atoms with Crippen molar-refractivity contribution in [3.05, 3.63) is 58.4 Å². The largest absolute Gasteiger partial charge is 0.482 e. The lowest BCUT2D eigenvalue weighted by atomic mass is 10.2. The highest BCUT2D eigenvalue weighted by atomic mass is 32.2. The van der Waals surface area contributed by atoms with Crippen molar-refractivity contribution in [2.45, 2.75) is 13.5 Å². The van der Waals surface area contributed by atoms with E-state index >= 15 is 0 Å². The molecule has 31 heavy (non-hydrogen) atoms. The van der Waals surface area contributed by atoms with Gasteiger partial charge in [-0.05, 0) is 54.6 Å². The number of ether oxygens (including phenoxy) is 3. The maximum absolute atomic E-state index is 12.6. The summed E-state index contributed by atoms with van der Waals surface area (Å²) in [6.07, 6.45) is 1.59. The third kappa shape index (κ3) is 5.54. The van der Waals surface area contributed by atoms with Crippen molar-refractivity contribution in [2.24, 2.45) is 0 Å². The van der Waals surface area contributed by atoms with E-state index in [1.54, 1.807) is 37.3 Å². The molecule has 0 N–H and O–H groups in total. The van der Waals surface area contributed by atoms with Crippen molar-refractivity contribution < 1.29 is 37.8 Å². The average molecular weight is 445 g/mol. The van der Waals surface area contributed by atoms with Gasteiger partial charge >= 0.3 is 11.9 Å². The molecule has 1 aromatic heterocycles. The summed E-state index contributed by atoms with van der Waals surface area (Å²) < 4.78 is 20.0. The van der Waals surface area contributed by atoms with Gasteiger partial charge in [-0.1, -0.05) is 12.1 Å². The van der Waals surface area contributed by atoms with E-state index in [9.17, 15) is 19.2 Å². The van der Waals surface area contributed by atoms with Crippen LogP contribution < -0.4 is 4.74 Å². The van der Waals surface area contributed by atoms with Gasteiger partial charge in [-0.2, -0.15) is 0 Å². The molecule has 1 aliphatic heterocycles. The Balaban J connectivity index is 1.64. The predicted molar refractivity (Wildman–Crippen MR) is 110 cm³/mol. The molecule has 1 fully saturated rings. The van der Waals surface area contributed by atoms with Crippen LogP contribution in [0.4, 0.5) is 4.79 Å². The number of benzene rings is 1. The number of methoxy groups -OCH3 is 1. The molecule has 2 amide bonds. The number of nitrogens with zero attached hydrogens (tertiary/aromatic N) is 1. The highest BCUT2D eigenvalue weighted by molar-refractivity contribution is 8.18. The Morgan fingerprint density at radius 1 is 1.13 bits per heavy atom. The molecule has 0 radical (unpaired) electrons. The Morgan fingerprint density at radius 3 is 2.55 bits per heavy atom. The number of rotatable bonds is 8. The van der Waals surface area contributed by atoms with Gasteiger partial charge in [0.25, 0.3) is 11.1 Å². The molecule has 0 atom stereocenters. The number of thioether (sulfide) groups is 1. The molecule has 10 heteroatoms. The summed E-state index contributed by atoms with van der Waals surface area (Å²) in [6.45, 7) is 1.70. The highest BCUT2D eigenvalue weighted by Crippen LogP contribution is 2.33. The molecule has 0 saturated carbocycles. The van der Waals surface area contributed by atoms with Crippen molar-refractivity contribution in [1.82, 2.24) is 4.90 Å². The molecule has 1 aliphatic rings. The SMILES string of the molecule is CCOC(=O)COc1ccc(/C=C2/SC(=O)N(Cc3ccc(C(=O)OC)o3)C2=O)cc1. The standard InChI is InChI=1S/C21H19NO8S/c1-3-28-18(23)12-29-14-6-4-13(5-7-14)10-17-19(24)22(21(26)31-17)11-15-8-9-16(30-15)20(25)27-2/h4-10H,3,11-12H2,1-2H3/b17-10+. The fourth-order valence-corrected chi connectivity index (χ4v) is 3.46. The summed E-state index contributed by atoms with van der Waals surface area (Å²) in [5.74, 6) is -0.825. The van der Waals surface area contributed by atoms with Gasteiger partial charge in [0.15, 0.2) is 6.61 Å². The van der Waals surface area contributed by atoms with E-state index in [2.05, 4.69) is 4.74 Å². The Hall–Kier alpha value is -3.53. The second-order valence-electron chi connectivity index (χ2n) is 6.19. The summed E-state index contributed by atoms with van der Waals surface area (Å²) in [5.41, 5.74) is 0.681. The van der Waals surface area contributed by atoms with Crippen molar-refractivity contribution in [3.8, 4) is 5.75 Å². The van der Waals surface area contributed by atoms with Gasteiger partial charge in [0.05, 0.1) is 25.2 Å². The van der Waals surface area contributed by atoms with Gasteiger partial charge < -0.3 is 18.6 Å². The fraction of sp³-hybridized carbons (Fsp3) is 0.238. The van der Waals surface area contributed by atoms with E-state index in [1.165, 1.54) is 19.2 Å². The first-order valence-electron chi connectivity index (χ1n) is 9.22. The number of carbonyl (C=O) groups excluding carboxylic acids is 4. The highest BCUT2D eigenvalue weighted by Gasteiger charge is 2.35. The minimum absolute atomic E-state index is 0.00900. The number of hydrogen-bond donors (Lipinski definition) is 0. The average Bonchev–Trinajstić information content (AvgIpc) is 3.33. The maximum Gasteiger partial charge on any atom is 0.373 e. The van der Waals surface area contributed by atoms with Gasteiger partial charge in [0.1, 0.15) is 11.5 Å². The number of imide groups is 1. The number of furan rings is 1. The van der Waals surface area contributed by atoms with Crippen LogP contribution in [0.1, 0.15) is 28.8 Å². The van der Waals surface area contributed by atoms with Crippen LogP contribution in [0.3, 0.4) is 0 Å². The first-order chi connectivity index (χ1) is 14.9. The number of hydrogen-bond acceptors (Lipinski definition) is 9. The molecule has 2 heterocycles. The molecule has 0 bridgehead atoms. The van der Waals surface area contributed by atoms with Crippen LogP contribution in [0.5, 0.6) is 5.75 Å². The predicted octanol–water partition coefficient (Wildman–Crippen LogP) is 3.24. The van der Waals surface area contributed by atoms with E-state index in [0.29, 0.717) is 11.3 Å². The zero-order valence-corrected chi connectivity index (χ0v) is 17.6. The van der Waals surface area contributed by atoms with E-state index in [4.69, 9.17) is 13.9 Å². The minimum atomic E-state index is -0.644. The van der Waals surface area contributed by atoms with E-state index < -0.39 is 23.1 Å². The Labute approximate surface area is 181 Å². The topological polar surface area (TPSA) is 112 Å². The normalized spacial score (nSPS) is 14.8. The lowest BCUT2D eigenvalue weighted by Crippen LogP contribution is -2.27. The molecule has 9 nitrogen and oxygen atoms in total. The van der Waals surface area contributed by atoms with Crippen LogP contribution in [0.25, 0.3) is 6.08 Å². The van der Waals surface area contributed by atoms with E-state index in [1.807, 2.05) is 0 Å². The lowest BCUT2D eigenvalue weighted by molar-refractivity contribution is -0.145. The third-order valence-corrected chi connectivity index (χ3v) is 4.98. The van der Waals surface area contributed by atoms with Gasteiger partial charge in [0.2, 0.25) is 5.76 Å². The van der Waals surface area contributed by atoms with E-state index in [-0.39, 0.29) is 36.2 Å². The minimum Gasteiger partial charge on any atom is -0.482 e. The van der Waals surface area contributed by atoms with Crippen molar-refractivity contribution in [3.63, 3.8) is 0 Å². The third-order valence-electron chi connectivity index (χ3n) is 4.08. The van der Waals surface area contributed by atoms with Gasteiger partial charge in [-0.3, -0.25) is 14.5 Å². The number of amides is 2. The second kappa shape index (κ2) is 9.98. The zero-order valence-electron chi connectivity index (χ0n) is 16.8. The van der Waals surface area contributed by atoms with Crippen LogP contribution in [-0.2, 0) is 25.6 Å². The Morgan fingerprint density at radius 2 is 1.87 bits per heavy atom. The first kappa shape index (κ1) is 22.2. The van der Waals surface area contributed by atoms with Crippen molar-refractivity contribution in [1.29, 1.82) is 0 Å². The van der Waals surface area contributed by atoms with Crippen LogP contribution >= 0.6 is 11.8 Å². The Bertz CT molecular complexity index is 1020. The van der Waals surface area contributed by atoms with Crippen LogP contribution in [0.2, 0.25) is 0 Å². The van der Waals surface area contributed by atoms with Crippen LogP contribution in [-0.4, -0.2) is 48.3 Å². The second-order valence-corrected chi connectivity index (χ2v) is 7.18. The van der Waals surface area contributed by atoms with Crippen LogP contribution in [0.15, 0.2) is 45.7 Å². The van der Waals surface area contributed by atoms with Gasteiger partial charge in [-0.25, -0.2) is 9.59 Å². The molecular formula is C21H19NO8S. The number of esters is 2. The van der Waals surface area contributed by atoms with Crippen LogP contribution in [0, 0.1) is 0 Å². The number of carbonyl (C=O) groups is 4. The molecule has 1 aromatic carbocycles. The summed E-state index contributed by atoms with van der Waals surface area (Å²) in [4.78, 5) is 49.0. The van der Waals surface area contributed by atoms with Gasteiger partial charge in [-0.15, -0.1) is 0 Å².